The van der Waals surface area contributed by atoms with E-state index in [9.17, 15) is 9.59 Å². The summed E-state index contributed by atoms with van der Waals surface area (Å²) in [6.07, 6.45) is 4.52. The molecule has 2 aromatic heterocycles. The maximum Gasteiger partial charge on any atom is 0.256 e. The molecule has 0 fully saturated rings. The van der Waals surface area contributed by atoms with Crippen LogP contribution in [0.5, 0.6) is 0 Å². The van der Waals surface area contributed by atoms with Crippen LogP contribution in [-0.4, -0.2) is 27.0 Å². The first-order valence-corrected chi connectivity index (χ1v) is 9.02. The summed E-state index contributed by atoms with van der Waals surface area (Å²) < 4.78 is 2.05. The highest BCUT2D eigenvalue weighted by Crippen LogP contribution is 2.18. The van der Waals surface area contributed by atoms with Crippen molar-refractivity contribution in [1.82, 2.24) is 19.9 Å². The molecule has 3 rings (SSSR count). The average Bonchev–Trinajstić information content (AvgIpc) is 3.06. The highest BCUT2D eigenvalue weighted by Gasteiger charge is 2.10. The van der Waals surface area contributed by atoms with Gasteiger partial charge in [0.2, 0.25) is 0 Å². The minimum atomic E-state index is -0.147. The van der Waals surface area contributed by atoms with Crippen LogP contribution in [-0.2, 0) is 6.54 Å². The van der Waals surface area contributed by atoms with E-state index in [1.807, 2.05) is 39.1 Å². The Labute approximate surface area is 158 Å². The van der Waals surface area contributed by atoms with E-state index in [0.29, 0.717) is 17.7 Å². The van der Waals surface area contributed by atoms with E-state index < -0.39 is 0 Å². The van der Waals surface area contributed by atoms with E-state index in [4.69, 9.17) is 0 Å². The van der Waals surface area contributed by atoms with Crippen LogP contribution in [0, 0.1) is 20.8 Å². The molecular weight excluding hydrogens is 340 g/mol. The van der Waals surface area contributed by atoms with Gasteiger partial charge in [0.15, 0.2) is 0 Å². The van der Waals surface area contributed by atoms with Gasteiger partial charge in [0, 0.05) is 42.3 Å². The van der Waals surface area contributed by atoms with Crippen molar-refractivity contribution >= 4 is 5.91 Å². The standard InChI is InChI=1S/C21H24N4O2/c1-14-12-19(21(27)24-15(14)2)17-6-4-7-18(13-17)20(26)23-8-5-10-25-11-9-22-16(25)3/h4,6-7,9,11-13H,5,8,10H2,1-3H3,(H,23,26)(H,24,27). The fourth-order valence-corrected chi connectivity index (χ4v) is 2.96. The van der Waals surface area contributed by atoms with Gasteiger partial charge in [-0.2, -0.15) is 0 Å². The summed E-state index contributed by atoms with van der Waals surface area (Å²) in [4.78, 5) is 31.7. The number of pyridine rings is 1. The van der Waals surface area contributed by atoms with Crippen LogP contribution in [0.1, 0.15) is 33.9 Å². The van der Waals surface area contributed by atoms with Crippen molar-refractivity contribution in [3.8, 4) is 11.1 Å². The van der Waals surface area contributed by atoms with Gasteiger partial charge in [-0.15, -0.1) is 0 Å². The molecule has 0 saturated carbocycles. The summed E-state index contributed by atoms with van der Waals surface area (Å²) in [7, 11) is 0. The van der Waals surface area contributed by atoms with Gasteiger partial charge >= 0.3 is 0 Å². The first-order chi connectivity index (χ1) is 13.0. The molecule has 27 heavy (non-hydrogen) atoms. The van der Waals surface area contributed by atoms with Gasteiger partial charge in [-0.3, -0.25) is 9.59 Å². The van der Waals surface area contributed by atoms with E-state index in [0.717, 1.165) is 35.6 Å². The lowest BCUT2D eigenvalue weighted by atomic mass is 10.0. The minimum Gasteiger partial charge on any atom is -0.352 e. The van der Waals surface area contributed by atoms with Crippen LogP contribution in [0.25, 0.3) is 11.1 Å². The molecule has 140 valence electrons. The highest BCUT2D eigenvalue weighted by molar-refractivity contribution is 5.95. The van der Waals surface area contributed by atoms with Crippen molar-refractivity contribution in [2.24, 2.45) is 0 Å². The number of aromatic amines is 1. The van der Waals surface area contributed by atoms with Crippen LogP contribution < -0.4 is 10.9 Å². The zero-order valence-electron chi connectivity index (χ0n) is 15.9. The van der Waals surface area contributed by atoms with Gasteiger partial charge in [-0.25, -0.2) is 4.98 Å². The third-order valence-electron chi connectivity index (χ3n) is 4.72. The number of rotatable bonds is 6. The van der Waals surface area contributed by atoms with Gasteiger partial charge in [-0.05, 0) is 56.5 Å². The maximum absolute atomic E-state index is 12.4. The second-order valence-electron chi connectivity index (χ2n) is 6.68. The van der Waals surface area contributed by atoms with Crippen molar-refractivity contribution < 1.29 is 4.79 Å². The molecule has 0 saturated heterocycles. The molecule has 0 atom stereocenters. The number of carbonyl (C=O) groups excluding carboxylic acids is 1. The number of aryl methyl sites for hydroxylation is 4. The maximum atomic E-state index is 12.4. The monoisotopic (exact) mass is 364 g/mol. The number of aromatic nitrogens is 3. The molecule has 0 radical (unpaired) electrons. The van der Waals surface area contributed by atoms with Crippen LogP contribution >= 0.6 is 0 Å². The third-order valence-corrected chi connectivity index (χ3v) is 4.72. The number of carbonyl (C=O) groups is 1. The molecule has 0 spiro atoms. The Morgan fingerprint density at radius 3 is 2.78 bits per heavy atom. The molecule has 3 aromatic rings. The van der Waals surface area contributed by atoms with Crippen LogP contribution in [0.15, 0.2) is 47.5 Å². The Morgan fingerprint density at radius 1 is 1.22 bits per heavy atom. The van der Waals surface area contributed by atoms with E-state index in [-0.39, 0.29) is 11.5 Å². The molecule has 0 aliphatic carbocycles. The van der Waals surface area contributed by atoms with Gasteiger partial charge in [0.05, 0.1) is 0 Å². The van der Waals surface area contributed by atoms with E-state index in [2.05, 4.69) is 19.9 Å². The second-order valence-corrected chi connectivity index (χ2v) is 6.68. The van der Waals surface area contributed by atoms with Gasteiger partial charge < -0.3 is 14.9 Å². The lowest BCUT2D eigenvalue weighted by Gasteiger charge is -2.09. The quantitative estimate of drug-likeness (QED) is 0.660. The highest BCUT2D eigenvalue weighted by atomic mass is 16.1. The molecule has 0 aliphatic rings. The lowest BCUT2D eigenvalue weighted by molar-refractivity contribution is 0.0953. The molecule has 6 nitrogen and oxygen atoms in total. The van der Waals surface area contributed by atoms with Crippen molar-refractivity contribution in [3.63, 3.8) is 0 Å². The van der Waals surface area contributed by atoms with Crippen molar-refractivity contribution in [2.75, 3.05) is 6.54 Å². The zero-order valence-corrected chi connectivity index (χ0v) is 15.9. The number of hydrogen-bond donors (Lipinski definition) is 2. The molecule has 0 aliphatic heterocycles. The second kappa shape index (κ2) is 8.03. The lowest BCUT2D eigenvalue weighted by Crippen LogP contribution is -2.25. The number of amides is 1. The molecule has 2 N–H and O–H groups in total. The largest absolute Gasteiger partial charge is 0.352 e. The smallest absolute Gasteiger partial charge is 0.256 e. The van der Waals surface area contributed by atoms with Crippen LogP contribution in [0.2, 0.25) is 0 Å². The fourth-order valence-electron chi connectivity index (χ4n) is 2.96. The molecule has 1 aromatic carbocycles. The Kier molecular flexibility index (Phi) is 5.54. The molecular formula is C21H24N4O2. The predicted octanol–water partition coefficient (Wildman–Crippen LogP) is 2.98. The number of nitrogens with one attached hydrogen (secondary N) is 2. The average molecular weight is 364 g/mol. The fraction of sp³-hybridized carbons (Fsp3) is 0.286. The summed E-state index contributed by atoms with van der Waals surface area (Å²) in [6.45, 7) is 7.16. The summed E-state index contributed by atoms with van der Waals surface area (Å²) in [5.41, 5.74) is 3.57. The van der Waals surface area contributed by atoms with Crippen LogP contribution in [0.3, 0.4) is 0 Å². The van der Waals surface area contributed by atoms with Crippen molar-refractivity contribution in [2.45, 2.75) is 33.7 Å². The predicted molar refractivity (Wildman–Crippen MR) is 106 cm³/mol. The SMILES string of the molecule is Cc1cc(-c2cccc(C(=O)NCCCn3ccnc3C)c2)c(=O)[nH]c1C. The van der Waals surface area contributed by atoms with E-state index in [1.54, 1.807) is 24.4 Å². The van der Waals surface area contributed by atoms with Crippen molar-refractivity contribution in [1.29, 1.82) is 0 Å². The Bertz CT molecular complexity index is 1020. The minimum absolute atomic E-state index is 0.139. The van der Waals surface area contributed by atoms with E-state index in [1.165, 1.54) is 0 Å². The molecule has 2 heterocycles. The normalized spacial score (nSPS) is 10.8. The van der Waals surface area contributed by atoms with Gasteiger partial charge in [0.25, 0.3) is 11.5 Å². The topological polar surface area (TPSA) is 79.8 Å². The number of hydrogen-bond acceptors (Lipinski definition) is 3. The molecule has 1 amide bonds. The molecule has 6 heteroatoms. The number of benzene rings is 1. The summed E-state index contributed by atoms with van der Waals surface area (Å²) in [6, 6.07) is 9.02. The Morgan fingerprint density at radius 2 is 2.04 bits per heavy atom. The van der Waals surface area contributed by atoms with Gasteiger partial charge in [-0.1, -0.05) is 12.1 Å². The summed E-state index contributed by atoms with van der Waals surface area (Å²) in [5.74, 6) is 0.826. The van der Waals surface area contributed by atoms with Crippen molar-refractivity contribution in [3.05, 3.63) is 75.7 Å². The van der Waals surface area contributed by atoms with Gasteiger partial charge in [0.1, 0.15) is 5.82 Å². The Hall–Kier alpha value is -3.15. The summed E-state index contributed by atoms with van der Waals surface area (Å²) >= 11 is 0. The first-order valence-electron chi connectivity index (χ1n) is 9.02. The molecule has 0 unspecified atom stereocenters. The Balaban J connectivity index is 1.66. The number of H-pyrrole nitrogens is 1. The summed E-state index contributed by atoms with van der Waals surface area (Å²) in [5, 5.41) is 2.94. The first kappa shape index (κ1) is 18.6. The number of nitrogens with zero attached hydrogens (tertiary/aromatic N) is 2. The van der Waals surface area contributed by atoms with Crippen LogP contribution in [0.4, 0.5) is 0 Å². The zero-order chi connectivity index (χ0) is 19.4. The molecule has 0 bridgehead atoms. The van der Waals surface area contributed by atoms with E-state index >= 15 is 0 Å². The third kappa shape index (κ3) is 4.34. The number of imidazole rings is 1.